The molecule has 0 fully saturated rings. The molecule has 0 aliphatic heterocycles. The number of benzene rings is 1. The van der Waals surface area contributed by atoms with Gasteiger partial charge >= 0.3 is 5.63 Å². The number of rotatable bonds is 2. The highest BCUT2D eigenvalue weighted by Gasteiger charge is 2.25. The van der Waals surface area contributed by atoms with Gasteiger partial charge in [-0.2, -0.15) is 0 Å². The summed E-state index contributed by atoms with van der Waals surface area (Å²) in [6.45, 7) is 5.64. The van der Waals surface area contributed by atoms with Crippen molar-refractivity contribution in [2.45, 2.75) is 26.3 Å². The molecule has 106 valence electrons. The van der Waals surface area contributed by atoms with Gasteiger partial charge in [-0.05, 0) is 26.3 Å². The summed E-state index contributed by atoms with van der Waals surface area (Å²) in [5, 5.41) is 2.84. The summed E-state index contributed by atoms with van der Waals surface area (Å²) >= 11 is 0. The molecule has 1 heterocycles. The fraction of sp³-hybridized carbons (Fsp3) is 0.333. The molecule has 2 aromatic rings. The highest BCUT2D eigenvalue weighted by Crippen LogP contribution is 2.20. The van der Waals surface area contributed by atoms with Gasteiger partial charge in [0.2, 0.25) is 0 Å². The number of amides is 1. The molecule has 0 bridgehead atoms. The Morgan fingerprint density at radius 3 is 2.35 bits per heavy atom. The molecule has 1 N–H and O–H groups in total. The quantitative estimate of drug-likeness (QED) is 0.912. The normalized spacial score (nSPS) is 11.4. The largest absolute Gasteiger partial charge is 0.366 e. The minimum absolute atomic E-state index is 0.233. The summed E-state index contributed by atoms with van der Waals surface area (Å²) in [6.07, 6.45) is 0. The molecule has 2 rings (SSSR count). The first-order valence-electron chi connectivity index (χ1n) is 6.38. The summed E-state index contributed by atoms with van der Waals surface area (Å²) in [5.74, 6) is -0.329. The summed E-state index contributed by atoms with van der Waals surface area (Å²) in [6, 6.07) is 9.03. The topological polar surface area (TPSA) is 64.2 Å². The van der Waals surface area contributed by atoms with Crippen LogP contribution in [0.3, 0.4) is 0 Å². The van der Waals surface area contributed by atoms with Gasteiger partial charge in [-0.3, -0.25) is 4.79 Å². The van der Waals surface area contributed by atoms with Gasteiger partial charge < -0.3 is 9.84 Å². The van der Waals surface area contributed by atoms with Crippen LogP contribution in [0.25, 0.3) is 11.1 Å². The van der Waals surface area contributed by atoms with E-state index in [1.807, 2.05) is 39.0 Å². The number of hydrogen-bond donors (Lipinski definition) is 1. The molecular weight excluding hydrogens is 256 g/mol. The van der Waals surface area contributed by atoms with E-state index in [4.69, 9.17) is 4.52 Å². The molecule has 5 nitrogen and oxygen atoms in total. The molecule has 20 heavy (non-hydrogen) atoms. The third-order valence-electron chi connectivity index (χ3n) is 2.74. The second kappa shape index (κ2) is 5.00. The second-order valence-corrected chi connectivity index (χ2v) is 5.67. The fourth-order valence-electron chi connectivity index (χ4n) is 1.99. The molecule has 0 aliphatic rings. The van der Waals surface area contributed by atoms with Crippen molar-refractivity contribution in [1.82, 2.24) is 10.1 Å². The van der Waals surface area contributed by atoms with Crippen molar-refractivity contribution < 1.29 is 9.32 Å². The molecule has 0 aliphatic carbocycles. The van der Waals surface area contributed by atoms with E-state index in [1.54, 1.807) is 19.2 Å². The van der Waals surface area contributed by atoms with Crippen LogP contribution in [0.15, 0.2) is 39.6 Å². The number of aromatic nitrogens is 1. The first-order chi connectivity index (χ1) is 9.29. The van der Waals surface area contributed by atoms with Crippen LogP contribution in [0.1, 0.15) is 31.3 Å². The van der Waals surface area contributed by atoms with Crippen molar-refractivity contribution in [3.63, 3.8) is 0 Å². The third-order valence-corrected chi connectivity index (χ3v) is 2.74. The van der Waals surface area contributed by atoms with Crippen LogP contribution in [-0.2, 0) is 7.05 Å². The van der Waals surface area contributed by atoms with Crippen molar-refractivity contribution in [3.8, 4) is 11.1 Å². The van der Waals surface area contributed by atoms with Crippen LogP contribution in [-0.4, -0.2) is 16.2 Å². The van der Waals surface area contributed by atoms with Crippen LogP contribution in [0.5, 0.6) is 0 Å². The number of carbonyl (C=O) groups excluding carboxylic acids is 1. The summed E-state index contributed by atoms with van der Waals surface area (Å²) in [7, 11) is 1.55. The highest BCUT2D eigenvalue weighted by atomic mass is 16.5. The zero-order valence-corrected chi connectivity index (χ0v) is 12.1. The van der Waals surface area contributed by atoms with Gasteiger partial charge in [0.15, 0.2) is 5.69 Å². The molecule has 1 aromatic carbocycles. The van der Waals surface area contributed by atoms with Crippen molar-refractivity contribution in [3.05, 3.63) is 46.4 Å². The van der Waals surface area contributed by atoms with E-state index in [0.717, 1.165) is 0 Å². The lowest BCUT2D eigenvalue weighted by atomic mass is 10.0. The van der Waals surface area contributed by atoms with E-state index in [1.165, 1.54) is 4.74 Å². The molecule has 0 unspecified atom stereocenters. The van der Waals surface area contributed by atoms with Crippen molar-refractivity contribution in [2.24, 2.45) is 7.05 Å². The van der Waals surface area contributed by atoms with Gasteiger partial charge in [-0.25, -0.2) is 9.53 Å². The Kier molecular flexibility index (Phi) is 3.53. The van der Waals surface area contributed by atoms with Crippen LogP contribution in [0.2, 0.25) is 0 Å². The predicted molar refractivity (Wildman–Crippen MR) is 76.6 cm³/mol. The molecule has 0 spiro atoms. The predicted octanol–water partition coefficient (Wildman–Crippen LogP) is 2.17. The average Bonchev–Trinajstić information content (AvgIpc) is 2.63. The Morgan fingerprint density at radius 1 is 1.20 bits per heavy atom. The summed E-state index contributed by atoms with van der Waals surface area (Å²) < 4.78 is 6.25. The van der Waals surface area contributed by atoms with Crippen LogP contribution in [0, 0.1) is 0 Å². The third kappa shape index (κ3) is 2.82. The Bertz CT molecular complexity index is 675. The Morgan fingerprint density at radius 2 is 1.80 bits per heavy atom. The van der Waals surface area contributed by atoms with E-state index in [9.17, 15) is 9.59 Å². The summed E-state index contributed by atoms with van der Waals surface area (Å²) in [5.41, 5.74) is 0.280. The van der Waals surface area contributed by atoms with Crippen LogP contribution < -0.4 is 10.9 Å². The van der Waals surface area contributed by atoms with Gasteiger partial charge in [-0.15, -0.1) is 0 Å². The molecule has 0 saturated carbocycles. The lowest BCUT2D eigenvalue weighted by Gasteiger charge is -2.20. The molecule has 0 saturated heterocycles. The van der Waals surface area contributed by atoms with Crippen molar-refractivity contribution in [1.29, 1.82) is 0 Å². The minimum Gasteiger partial charge on any atom is -0.346 e. The first-order valence-corrected chi connectivity index (χ1v) is 6.38. The molecule has 1 aromatic heterocycles. The lowest BCUT2D eigenvalue weighted by molar-refractivity contribution is 0.0899. The summed E-state index contributed by atoms with van der Waals surface area (Å²) in [4.78, 5) is 24.3. The monoisotopic (exact) mass is 274 g/mol. The van der Waals surface area contributed by atoms with Gasteiger partial charge in [-0.1, -0.05) is 30.3 Å². The lowest BCUT2D eigenvalue weighted by Crippen LogP contribution is -2.41. The maximum absolute atomic E-state index is 12.4. The van der Waals surface area contributed by atoms with Gasteiger partial charge in [0.05, 0.1) is 0 Å². The van der Waals surface area contributed by atoms with Gasteiger partial charge in [0.25, 0.3) is 5.91 Å². The molecular formula is C15H18N2O3. The average molecular weight is 274 g/mol. The number of nitrogens with zero attached hydrogens (tertiary/aromatic N) is 1. The smallest absolute Gasteiger partial charge is 0.346 e. The van der Waals surface area contributed by atoms with Crippen molar-refractivity contribution >= 4 is 5.91 Å². The maximum atomic E-state index is 12.4. The zero-order chi connectivity index (χ0) is 14.9. The second-order valence-electron chi connectivity index (χ2n) is 5.67. The van der Waals surface area contributed by atoms with E-state index in [2.05, 4.69) is 5.32 Å². The number of nitrogens with one attached hydrogen (secondary N) is 1. The number of aryl methyl sites for hydroxylation is 1. The molecule has 1 amide bonds. The zero-order valence-electron chi connectivity index (χ0n) is 12.1. The Labute approximate surface area is 117 Å². The van der Waals surface area contributed by atoms with E-state index in [0.29, 0.717) is 5.56 Å². The first kappa shape index (κ1) is 14.1. The standard InChI is InChI=1S/C15H18N2O3/c1-15(2,3)16-13(18)12-11(14(19)20-17(12)4)10-8-6-5-7-9-10/h5-9H,1-4H3,(H,16,18). The number of carbonyl (C=O) groups is 1. The van der Waals surface area contributed by atoms with Crippen LogP contribution >= 0.6 is 0 Å². The van der Waals surface area contributed by atoms with Crippen LogP contribution in [0.4, 0.5) is 0 Å². The van der Waals surface area contributed by atoms with Crippen molar-refractivity contribution in [2.75, 3.05) is 0 Å². The SMILES string of the molecule is Cn1oc(=O)c(-c2ccccc2)c1C(=O)NC(C)(C)C. The fourth-order valence-corrected chi connectivity index (χ4v) is 1.99. The minimum atomic E-state index is -0.516. The maximum Gasteiger partial charge on any atom is 0.366 e. The molecule has 0 radical (unpaired) electrons. The van der Waals surface area contributed by atoms with Gasteiger partial charge in [0.1, 0.15) is 5.56 Å². The van der Waals surface area contributed by atoms with Gasteiger partial charge in [0, 0.05) is 12.6 Å². The van der Waals surface area contributed by atoms with E-state index < -0.39 is 11.2 Å². The highest BCUT2D eigenvalue weighted by molar-refractivity contribution is 5.99. The number of hydrogen-bond acceptors (Lipinski definition) is 3. The molecule has 0 atom stereocenters. The molecule has 5 heteroatoms. The Hall–Kier alpha value is -2.30. The van der Waals surface area contributed by atoms with E-state index in [-0.39, 0.29) is 17.2 Å². The van der Waals surface area contributed by atoms with E-state index >= 15 is 0 Å². The Balaban J connectivity index is 2.55.